The Hall–Kier alpha value is -2.87. The molecule has 0 saturated carbocycles. The van der Waals surface area contributed by atoms with Crippen molar-refractivity contribution in [3.63, 3.8) is 0 Å². The highest BCUT2D eigenvalue weighted by Gasteiger charge is 2.33. The Labute approximate surface area is 220 Å². The van der Waals surface area contributed by atoms with Crippen molar-refractivity contribution in [2.24, 2.45) is 0 Å². The summed E-state index contributed by atoms with van der Waals surface area (Å²) in [6, 6.07) is 16.5. The van der Waals surface area contributed by atoms with E-state index in [-0.39, 0.29) is 12.6 Å². The number of benzene rings is 2. The maximum absolute atomic E-state index is 13.3. The molecule has 3 aromatic rings. The minimum Gasteiger partial charge on any atom is -0.477 e. The Balaban J connectivity index is 1.59. The van der Waals surface area contributed by atoms with Gasteiger partial charge >= 0.3 is 12.1 Å². The van der Waals surface area contributed by atoms with Gasteiger partial charge in [0.05, 0.1) is 12.6 Å². The van der Waals surface area contributed by atoms with E-state index in [0.29, 0.717) is 21.9 Å². The molecule has 1 aromatic heterocycles. The number of ether oxygens (including phenoxy) is 1. The van der Waals surface area contributed by atoms with Crippen LogP contribution in [0, 0.1) is 0 Å². The smallest absolute Gasteiger partial charge is 0.410 e. The molecule has 0 spiro atoms. The fourth-order valence-electron chi connectivity index (χ4n) is 4.46. The van der Waals surface area contributed by atoms with Crippen LogP contribution in [0.2, 0.25) is 5.02 Å². The number of nitrogens with zero attached hydrogens (tertiary/aromatic N) is 1. The van der Waals surface area contributed by atoms with Crippen molar-refractivity contribution in [1.29, 1.82) is 0 Å². The lowest BCUT2D eigenvalue weighted by Crippen LogP contribution is -2.47. The summed E-state index contributed by atoms with van der Waals surface area (Å²) < 4.78 is 5.72. The third-order valence-electron chi connectivity index (χ3n) is 6.18. The van der Waals surface area contributed by atoms with Crippen molar-refractivity contribution in [2.75, 3.05) is 6.54 Å². The number of aliphatic hydroxyl groups is 1. The van der Waals surface area contributed by atoms with Gasteiger partial charge in [-0.25, -0.2) is 9.59 Å². The zero-order chi connectivity index (χ0) is 26.0. The number of hydrogen-bond donors (Lipinski definition) is 2. The van der Waals surface area contributed by atoms with E-state index in [1.165, 1.54) is 16.9 Å². The first kappa shape index (κ1) is 26.2. The van der Waals surface area contributed by atoms with E-state index in [0.717, 1.165) is 28.8 Å². The number of aliphatic hydroxyl groups excluding tert-OH is 1. The highest BCUT2D eigenvalue weighted by atomic mass is 35.5. The summed E-state index contributed by atoms with van der Waals surface area (Å²) in [5.41, 5.74) is 3.25. The number of amides is 1. The predicted octanol–water partition coefficient (Wildman–Crippen LogP) is 6.59. The van der Waals surface area contributed by atoms with Gasteiger partial charge in [0.1, 0.15) is 10.5 Å². The number of aryl methyl sites for hydroxylation is 1. The first-order valence-corrected chi connectivity index (χ1v) is 13.1. The van der Waals surface area contributed by atoms with Gasteiger partial charge in [0.15, 0.2) is 0 Å². The highest BCUT2D eigenvalue weighted by Crippen LogP contribution is 2.34. The molecule has 0 unspecified atom stereocenters. The first-order valence-electron chi connectivity index (χ1n) is 11.9. The van der Waals surface area contributed by atoms with Gasteiger partial charge in [0.25, 0.3) is 0 Å². The van der Waals surface area contributed by atoms with E-state index in [1.54, 1.807) is 35.2 Å². The van der Waals surface area contributed by atoms with E-state index in [4.69, 9.17) is 16.3 Å². The summed E-state index contributed by atoms with van der Waals surface area (Å²) in [5, 5.41) is 20.8. The maximum Gasteiger partial charge on any atom is 0.410 e. The van der Waals surface area contributed by atoms with E-state index in [9.17, 15) is 19.8 Å². The van der Waals surface area contributed by atoms with Crippen molar-refractivity contribution < 1.29 is 24.5 Å². The zero-order valence-corrected chi connectivity index (χ0v) is 22.1. The molecule has 0 bridgehead atoms. The molecule has 8 heteroatoms. The second-order valence-corrected chi connectivity index (χ2v) is 11.6. The minimum absolute atomic E-state index is 0.0852. The summed E-state index contributed by atoms with van der Waals surface area (Å²) in [6.45, 7) is 5.56. The molecule has 0 fully saturated rings. The Bertz CT molecular complexity index is 1260. The number of aromatic carboxylic acids is 1. The predicted molar refractivity (Wildman–Crippen MR) is 142 cm³/mol. The lowest BCUT2D eigenvalue weighted by atomic mass is 9.86. The van der Waals surface area contributed by atoms with Crippen LogP contribution in [0.1, 0.15) is 59.7 Å². The van der Waals surface area contributed by atoms with Crippen LogP contribution >= 0.6 is 22.9 Å². The van der Waals surface area contributed by atoms with Crippen LogP contribution < -0.4 is 0 Å². The van der Waals surface area contributed by atoms with Gasteiger partial charge in [-0.15, -0.1) is 11.3 Å². The van der Waals surface area contributed by atoms with Crippen LogP contribution in [0.25, 0.3) is 10.4 Å². The molecule has 2 N–H and O–H groups in total. The van der Waals surface area contributed by atoms with Crippen molar-refractivity contribution in [2.45, 2.75) is 57.8 Å². The second kappa shape index (κ2) is 10.6. The van der Waals surface area contributed by atoms with Crippen LogP contribution in [-0.4, -0.2) is 45.4 Å². The summed E-state index contributed by atoms with van der Waals surface area (Å²) >= 11 is 7.36. The largest absolute Gasteiger partial charge is 0.477 e. The lowest BCUT2D eigenvalue weighted by molar-refractivity contribution is 0.00195. The van der Waals surface area contributed by atoms with Gasteiger partial charge in [-0.05, 0) is 92.6 Å². The number of carboxylic acids is 1. The Morgan fingerprint density at radius 2 is 1.92 bits per heavy atom. The van der Waals surface area contributed by atoms with Crippen LogP contribution in [0.4, 0.5) is 4.79 Å². The quantitative estimate of drug-likeness (QED) is 0.377. The molecular formula is C28H30ClNO5S. The molecule has 2 atom stereocenters. The summed E-state index contributed by atoms with van der Waals surface area (Å²) in [6.07, 6.45) is 0.775. The van der Waals surface area contributed by atoms with Crippen LogP contribution in [0.5, 0.6) is 0 Å². The van der Waals surface area contributed by atoms with Gasteiger partial charge in [0.2, 0.25) is 0 Å². The summed E-state index contributed by atoms with van der Waals surface area (Å²) in [7, 11) is 0. The monoisotopic (exact) mass is 527 g/mol. The van der Waals surface area contributed by atoms with Gasteiger partial charge < -0.3 is 19.8 Å². The SMILES string of the molecule is CC(C)(C)OC(=O)N(C[C@H](O)c1cccc(Cl)c1)[C@H]1CCc2ccc(-c3ccc(C(=O)O)s3)cc2C1. The first-order chi connectivity index (χ1) is 17.0. The molecule has 1 aliphatic rings. The molecular weight excluding hydrogens is 498 g/mol. The Morgan fingerprint density at radius 3 is 2.58 bits per heavy atom. The van der Waals surface area contributed by atoms with E-state index < -0.39 is 23.8 Å². The minimum atomic E-state index is -0.935. The van der Waals surface area contributed by atoms with E-state index in [1.807, 2.05) is 32.9 Å². The van der Waals surface area contributed by atoms with Crippen LogP contribution in [0.3, 0.4) is 0 Å². The summed E-state index contributed by atoms with van der Waals surface area (Å²) in [5.74, 6) is -0.935. The number of carbonyl (C=O) groups is 2. The summed E-state index contributed by atoms with van der Waals surface area (Å²) in [4.78, 5) is 27.4. The molecule has 4 rings (SSSR count). The average Bonchev–Trinajstić information content (AvgIpc) is 3.31. The molecule has 36 heavy (non-hydrogen) atoms. The number of fused-ring (bicyclic) bond motifs is 1. The topological polar surface area (TPSA) is 87.1 Å². The van der Waals surface area contributed by atoms with Gasteiger partial charge in [-0.3, -0.25) is 0 Å². The van der Waals surface area contributed by atoms with Crippen LogP contribution in [0.15, 0.2) is 54.6 Å². The molecule has 190 valence electrons. The number of carbonyl (C=O) groups excluding carboxylic acids is 1. The zero-order valence-electron chi connectivity index (χ0n) is 20.5. The second-order valence-electron chi connectivity index (χ2n) is 10.1. The van der Waals surface area contributed by atoms with Crippen molar-refractivity contribution >= 4 is 35.0 Å². The molecule has 0 radical (unpaired) electrons. The Morgan fingerprint density at radius 1 is 1.14 bits per heavy atom. The van der Waals surface area contributed by atoms with Crippen molar-refractivity contribution in [3.8, 4) is 10.4 Å². The van der Waals surface area contributed by atoms with E-state index in [2.05, 4.69) is 12.1 Å². The van der Waals surface area contributed by atoms with Crippen molar-refractivity contribution in [3.05, 3.63) is 81.2 Å². The fraction of sp³-hybridized carbons (Fsp3) is 0.357. The standard InChI is InChI=1S/C28H30ClNO5S/c1-28(2,3)35-27(34)30(16-23(31)18-5-4-6-21(29)14-18)22-10-9-17-7-8-19(13-20(17)15-22)24-11-12-25(36-24)26(32)33/h4-8,11-14,22-23,31H,9-10,15-16H2,1-3H3,(H,32,33)/t22-,23-/m0/s1. The third-order valence-corrected chi connectivity index (χ3v) is 7.54. The third kappa shape index (κ3) is 6.27. The molecule has 1 aliphatic carbocycles. The number of carboxylic acid groups (broad SMARTS) is 1. The van der Waals surface area contributed by atoms with Crippen LogP contribution in [-0.2, 0) is 17.6 Å². The molecule has 6 nitrogen and oxygen atoms in total. The van der Waals surface area contributed by atoms with Gasteiger partial charge in [-0.1, -0.05) is 35.9 Å². The van der Waals surface area contributed by atoms with E-state index >= 15 is 0 Å². The molecule has 1 heterocycles. The Kier molecular flexibility index (Phi) is 7.73. The molecule has 0 aliphatic heterocycles. The van der Waals surface area contributed by atoms with Gasteiger partial charge in [-0.2, -0.15) is 0 Å². The van der Waals surface area contributed by atoms with Crippen molar-refractivity contribution in [1.82, 2.24) is 4.90 Å². The lowest BCUT2D eigenvalue weighted by Gasteiger charge is -2.37. The number of thiophene rings is 1. The molecule has 1 amide bonds. The fourth-order valence-corrected chi connectivity index (χ4v) is 5.50. The molecule has 0 saturated heterocycles. The highest BCUT2D eigenvalue weighted by molar-refractivity contribution is 7.17. The maximum atomic E-state index is 13.3. The number of halogens is 1. The average molecular weight is 528 g/mol. The molecule has 2 aromatic carbocycles. The number of hydrogen-bond acceptors (Lipinski definition) is 5. The normalized spacial score (nSPS) is 16.2. The van der Waals surface area contributed by atoms with Gasteiger partial charge in [0, 0.05) is 15.9 Å². The number of rotatable bonds is 6.